The Hall–Kier alpha value is -1.69. The number of hydrogen-bond acceptors (Lipinski definition) is 5. The number of nitrogens with two attached hydrogens (primary N) is 1. The van der Waals surface area contributed by atoms with Crippen LogP contribution in [0.5, 0.6) is 0 Å². The smallest absolute Gasteiger partial charge is 0.266 e. The zero-order valence-corrected chi connectivity index (χ0v) is 12.2. The summed E-state index contributed by atoms with van der Waals surface area (Å²) in [5.41, 5.74) is 7.20. The molecule has 0 unspecified atom stereocenters. The third-order valence-corrected chi connectivity index (χ3v) is 4.79. The average Bonchev–Trinajstić information content (AvgIpc) is 2.76. The summed E-state index contributed by atoms with van der Waals surface area (Å²) >= 11 is 1.35. The van der Waals surface area contributed by atoms with Crippen LogP contribution in [0.3, 0.4) is 0 Å². The summed E-state index contributed by atoms with van der Waals surface area (Å²) in [6.45, 7) is 1.65. The molecule has 20 heavy (non-hydrogen) atoms. The SMILES string of the molecule is Nc1c(C(=O)N2CCCCCCC2)sc2nccnc12. The highest BCUT2D eigenvalue weighted by Crippen LogP contribution is 2.31. The van der Waals surface area contributed by atoms with Crippen molar-refractivity contribution in [3.05, 3.63) is 17.3 Å². The molecule has 1 aliphatic heterocycles. The number of anilines is 1. The molecule has 0 aliphatic carbocycles. The van der Waals surface area contributed by atoms with Gasteiger partial charge in [-0.2, -0.15) is 0 Å². The molecule has 3 rings (SSSR count). The first-order valence-corrected chi connectivity index (χ1v) is 7.87. The predicted octanol–water partition coefficient (Wildman–Crippen LogP) is 2.68. The van der Waals surface area contributed by atoms with Crippen LogP contribution in [0.1, 0.15) is 41.8 Å². The lowest BCUT2D eigenvalue weighted by molar-refractivity contribution is 0.0748. The Morgan fingerprint density at radius 3 is 2.45 bits per heavy atom. The monoisotopic (exact) mass is 290 g/mol. The summed E-state index contributed by atoms with van der Waals surface area (Å²) in [5.74, 6) is 0.0363. The fourth-order valence-corrected chi connectivity index (χ4v) is 3.59. The molecule has 2 N–H and O–H groups in total. The third kappa shape index (κ3) is 2.47. The van der Waals surface area contributed by atoms with Crippen molar-refractivity contribution in [2.75, 3.05) is 18.8 Å². The third-order valence-electron chi connectivity index (χ3n) is 3.70. The Labute approximate surface area is 121 Å². The number of nitrogens with zero attached hydrogens (tertiary/aromatic N) is 3. The second kappa shape index (κ2) is 5.75. The van der Waals surface area contributed by atoms with E-state index >= 15 is 0 Å². The first kappa shape index (κ1) is 13.3. The highest BCUT2D eigenvalue weighted by molar-refractivity contribution is 7.21. The van der Waals surface area contributed by atoms with E-state index < -0.39 is 0 Å². The van der Waals surface area contributed by atoms with Gasteiger partial charge >= 0.3 is 0 Å². The molecule has 2 aromatic heterocycles. The van der Waals surface area contributed by atoms with Gasteiger partial charge in [-0.1, -0.05) is 19.3 Å². The number of aromatic nitrogens is 2. The van der Waals surface area contributed by atoms with E-state index in [1.807, 2.05) is 4.90 Å². The van der Waals surface area contributed by atoms with Crippen molar-refractivity contribution < 1.29 is 4.79 Å². The molecule has 0 atom stereocenters. The van der Waals surface area contributed by atoms with Gasteiger partial charge < -0.3 is 10.6 Å². The maximum absolute atomic E-state index is 12.7. The van der Waals surface area contributed by atoms with Crippen LogP contribution in [-0.2, 0) is 0 Å². The molecule has 0 spiro atoms. The lowest BCUT2D eigenvalue weighted by atomic mass is 10.1. The summed E-state index contributed by atoms with van der Waals surface area (Å²) in [6, 6.07) is 0. The molecule has 1 saturated heterocycles. The van der Waals surface area contributed by atoms with E-state index in [9.17, 15) is 4.79 Å². The van der Waals surface area contributed by atoms with Crippen molar-refractivity contribution in [2.24, 2.45) is 0 Å². The van der Waals surface area contributed by atoms with E-state index in [2.05, 4.69) is 9.97 Å². The molecule has 0 saturated carbocycles. The largest absolute Gasteiger partial charge is 0.396 e. The van der Waals surface area contributed by atoms with Crippen LogP contribution in [0, 0.1) is 0 Å². The molecule has 1 aliphatic rings. The molecule has 0 bridgehead atoms. The van der Waals surface area contributed by atoms with Crippen LogP contribution >= 0.6 is 11.3 Å². The van der Waals surface area contributed by atoms with E-state index in [-0.39, 0.29) is 5.91 Å². The Bertz CT molecular complexity index is 617. The van der Waals surface area contributed by atoms with Gasteiger partial charge in [-0.15, -0.1) is 11.3 Å². The average molecular weight is 290 g/mol. The Kier molecular flexibility index (Phi) is 3.82. The molecule has 3 heterocycles. The highest BCUT2D eigenvalue weighted by atomic mass is 32.1. The van der Waals surface area contributed by atoms with Gasteiger partial charge in [0.15, 0.2) is 0 Å². The number of carbonyl (C=O) groups excluding carboxylic acids is 1. The number of thiophene rings is 1. The van der Waals surface area contributed by atoms with Crippen molar-refractivity contribution in [2.45, 2.75) is 32.1 Å². The quantitative estimate of drug-likeness (QED) is 0.876. The Balaban J connectivity index is 1.89. The maximum atomic E-state index is 12.7. The first-order chi connectivity index (χ1) is 9.77. The van der Waals surface area contributed by atoms with Crippen LogP contribution < -0.4 is 5.73 Å². The highest BCUT2D eigenvalue weighted by Gasteiger charge is 2.23. The minimum absolute atomic E-state index is 0.0363. The fraction of sp³-hybridized carbons (Fsp3) is 0.500. The van der Waals surface area contributed by atoms with Crippen molar-refractivity contribution in [1.82, 2.24) is 14.9 Å². The number of nitrogen functional groups attached to an aromatic ring is 1. The van der Waals surface area contributed by atoms with Crippen molar-refractivity contribution in [3.63, 3.8) is 0 Å². The molecule has 0 aromatic carbocycles. The van der Waals surface area contributed by atoms with Gasteiger partial charge in [0.2, 0.25) is 0 Å². The molecule has 1 amide bonds. The van der Waals surface area contributed by atoms with Crippen LogP contribution in [-0.4, -0.2) is 33.9 Å². The Morgan fingerprint density at radius 2 is 1.75 bits per heavy atom. The van der Waals surface area contributed by atoms with Gasteiger partial charge in [-0.3, -0.25) is 4.79 Å². The van der Waals surface area contributed by atoms with Gasteiger partial charge in [-0.05, 0) is 12.8 Å². The lowest BCUT2D eigenvalue weighted by Crippen LogP contribution is -2.33. The minimum Gasteiger partial charge on any atom is -0.396 e. The van der Waals surface area contributed by atoms with Gasteiger partial charge in [0.25, 0.3) is 5.91 Å². The summed E-state index contributed by atoms with van der Waals surface area (Å²) in [6.07, 6.45) is 9.07. The van der Waals surface area contributed by atoms with Crippen molar-refractivity contribution in [1.29, 1.82) is 0 Å². The van der Waals surface area contributed by atoms with Crippen LogP contribution in [0.15, 0.2) is 12.4 Å². The number of amides is 1. The van der Waals surface area contributed by atoms with E-state index in [1.54, 1.807) is 12.4 Å². The molecule has 5 nitrogen and oxygen atoms in total. The summed E-state index contributed by atoms with van der Waals surface area (Å²) in [4.78, 5) is 24.4. The number of fused-ring (bicyclic) bond motifs is 1. The summed E-state index contributed by atoms with van der Waals surface area (Å²) in [7, 11) is 0. The molecule has 106 valence electrons. The van der Waals surface area contributed by atoms with Crippen molar-refractivity contribution in [3.8, 4) is 0 Å². The predicted molar refractivity (Wildman–Crippen MR) is 80.8 cm³/mol. The van der Waals surface area contributed by atoms with E-state index in [0.29, 0.717) is 16.1 Å². The molecule has 6 heteroatoms. The second-order valence-electron chi connectivity index (χ2n) is 5.11. The Morgan fingerprint density at radius 1 is 1.10 bits per heavy atom. The van der Waals surface area contributed by atoms with Gasteiger partial charge in [0.05, 0.1) is 5.69 Å². The van der Waals surface area contributed by atoms with Crippen LogP contribution in [0.4, 0.5) is 5.69 Å². The molecular formula is C14H18N4OS. The zero-order valence-electron chi connectivity index (χ0n) is 11.3. The van der Waals surface area contributed by atoms with Crippen LogP contribution in [0.2, 0.25) is 0 Å². The summed E-state index contributed by atoms with van der Waals surface area (Å²) in [5, 5.41) is 0. The first-order valence-electron chi connectivity index (χ1n) is 7.05. The lowest BCUT2D eigenvalue weighted by Gasteiger charge is -2.24. The number of likely N-dealkylation sites (tertiary alicyclic amines) is 1. The zero-order chi connectivity index (χ0) is 13.9. The number of carbonyl (C=O) groups is 1. The molecule has 2 aromatic rings. The molecule has 0 radical (unpaired) electrons. The van der Waals surface area contributed by atoms with E-state index in [0.717, 1.165) is 30.8 Å². The van der Waals surface area contributed by atoms with Crippen LogP contribution in [0.25, 0.3) is 10.3 Å². The minimum atomic E-state index is 0.0363. The van der Waals surface area contributed by atoms with E-state index in [4.69, 9.17) is 5.73 Å². The number of hydrogen-bond donors (Lipinski definition) is 1. The van der Waals surface area contributed by atoms with Gasteiger partial charge in [0, 0.05) is 25.5 Å². The number of rotatable bonds is 1. The standard InChI is InChI=1S/C14H18N4OS/c15-10-11-13(17-7-6-16-11)20-12(10)14(19)18-8-4-2-1-3-5-9-18/h6-7H,1-5,8-9,15H2. The molecule has 1 fully saturated rings. The maximum Gasteiger partial charge on any atom is 0.266 e. The normalized spacial score (nSPS) is 16.9. The summed E-state index contributed by atoms with van der Waals surface area (Å²) < 4.78 is 0. The fourth-order valence-electron chi connectivity index (χ4n) is 2.60. The van der Waals surface area contributed by atoms with Gasteiger partial charge in [0.1, 0.15) is 15.2 Å². The molecular weight excluding hydrogens is 272 g/mol. The van der Waals surface area contributed by atoms with E-state index in [1.165, 1.54) is 30.6 Å². The van der Waals surface area contributed by atoms with Gasteiger partial charge in [-0.25, -0.2) is 9.97 Å². The second-order valence-corrected chi connectivity index (χ2v) is 6.11. The van der Waals surface area contributed by atoms with Crippen molar-refractivity contribution >= 4 is 33.3 Å². The topological polar surface area (TPSA) is 72.1 Å².